The van der Waals surface area contributed by atoms with Crippen LogP contribution in [0, 0.1) is 5.41 Å². The number of likely N-dealkylation sites (N-methyl/N-ethyl adjacent to an activating group) is 1. The van der Waals surface area contributed by atoms with Gasteiger partial charge in [0.2, 0.25) is 5.91 Å². The minimum Gasteiger partial charge on any atom is -0.479 e. The van der Waals surface area contributed by atoms with Gasteiger partial charge in [-0.25, -0.2) is 4.79 Å². The van der Waals surface area contributed by atoms with Crippen LogP contribution in [0.15, 0.2) is 0 Å². The van der Waals surface area contributed by atoms with Gasteiger partial charge in [-0.2, -0.15) is 0 Å². The first-order valence-corrected chi connectivity index (χ1v) is 5.77. The summed E-state index contributed by atoms with van der Waals surface area (Å²) in [5, 5.41) is 61.1. The molecule has 0 bridgehead atoms. The number of aliphatic carboxylic acids is 1. The Kier molecular flexibility index (Phi) is 7.76. The van der Waals surface area contributed by atoms with Gasteiger partial charge in [0.15, 0.2) is 12.1 Å². The van der Waals surface area contributed by atoms with Gasteiger partial charge in [0.1, 0.15) is 18.3 Å². The molecule has 11 nitrogen and oxygen atoms in total. The number of aliphatic hydroxyl groups is 5. The lowest BCUT2D eigenvalue weighted by molar-refractivity contribution is -0.164. The van der Waals surface area contributed by atoms with Crippen LogP contribution in [-0.4, -0.2) is 98.0 Å². The summed E-state index contributed by atoms with van der Waals surface area (Å²) in [4.78, 5) is 22.0. The highest BCUT2D eigenvalue weighted by atomic mass is 16.4. The Balaban J connectivity index is 0.000000423. The summed E-state index contributed by atoms with van der Waals surface area (Å²) in [6.07, 6.45) is -7.84. The van der Waals surface area contributed by atoms with Gasteiger partial charge in [0.05, 0.1) is 13.2 Å². The Morgan fingerprint density at radius 3 is 2.10 bits per heavy atom. The van der Waals surface area contributed by atoms with Crippen molar-refractivity contribution in [2.24, 2.45) is 0 Å². The highest BCUT2D eigenvalue weighted by Gasteiger charge is 2.33. The Labute approximate surface area is 119 Å². The molecule has 0 spiro atoms. The Bertz CT molecular complexity index is 390. The van der Waals surface area contributed by atoms with E-state index in [0.29, 0.717) is 6.54 Å². The van der Waals surface area contributed by atoms with Crippen LogP contribution in [0.5, 0.6) is 0 Å². The summed E-state index contributed by atoms with van der Waals surface area (Å²) in [7, 11) is 1.69. The molecule has 1 amide bonds. The van der Waals surface area contributed by atoms with Crippen molar-refractivity contribution in [3.63, 3.8) is 0 Å². The SMILES string of the molecule is CN1CC(=O)NC1=N.O=C(O)[C@H](O)[C@@H](O)[C@H](O)[C@H](O)CO. The van der Waals surface area contributed by atoms with Crippen LogP contribution in [0.4, 0.5) is 0 Å². The molecule has 1 saturated heterocycles. The van der Waals surface area contributed by atoms with E-state index in [-0.39, 0.29) is 11.9 Å². The maximum atomic E-state index is 10.4. The monoisotopic (exact) mass is 309 g/mol. The van der Waals surface area contributed by atoms with Crippen molar-refractivity contribution in [3.05, 3.63) is 0 Å². The van der Waals surface area contributed by atoms with Gasteiger partial charge >= 0.3 is 5.97 Å². The minimum atomic E-state index is -2.20. The molecule has 1 aliphatic heterocycles. The van der Waals surface area contributed by atoms with E-state index in [4.69, 9.17) is 36.0 Å². The van der Waals surface area contributed by atoms with Crippen molar-refractivity contribution in [2.75, 3.05) is 20.2 Å². The first-order chi connectivity index (χ1) is 9.61. The van der Waals surface area contributed by atoms with Gasteiger partial charge in [0, 0.05) is 7.05 Å². The molecule has 1 aliphatic rings. The molecule has 21 heavy (non-hydrogen) atoms. The zero-order chi connectivity index (χ0) is 16.7. The number of rotatable bonds is 5. The van der Waals surface area contributed by atoms with E-state index in [1.807, 2.05) is 0 Å². The smallest absolute Gasteiger partial charge is 0.335 e. The molecule has 0 radical (unpaired) electrons. The summed E-state index contributed by atoms with van der Waals surface area (Å²) in [6.45, 7) is -0.524. The average molecular weight is 309 g/mol. The molecule has 1 rings (SSSR count). The highest BCUT2D eigenvalue weighted by Crippen LogP contribution is 2.04. The maximum Gasteiger partial charge on any atom is 0.335 e. The number of nitrogens with zero attached hydrogens (tertiary/aromatic N) is 1. The molecular formula is C10H19N3O8. The average Bonchev–Trinajstić information content (AvgIpc) is 2.72. The van der Waals surface area contributed by atoms with Gasteiger partial charge < -0.3 is 35.5 Å². The summed E-state index contributed by atoms with van der Waals surface area (Å²) in [6, 6.07) is 0. The lowest BCUT2D eigenvalue weighted by atomic mass is 10.0. The van der Waals surface area contributed by atoms with E-state index in [1.54, 1.807) is 11.9 Å². The fourth-order valence-electron chi connectivity index (χ4n) is 1.23. The van der Waals surface area contributed by atoms with Crippen LogP contribution in [0.2, 0.25) is 0 Å². The standard InChI is InChI=1S/C6H12O7.C4H7N3O/c7-1-2(8)3(9)4(10)5(11)6(12)13;1-7-2-3(8)6-4(7)5/h2-5,7-11H,1H2,(H,12,13);2H2,1H3,(H2,5,6,8)/t2-,3-,4+,5-;/m1./s1. The second-order valence-electron chi connectivity index (χ2n) is 4.27. The molecule has 0 aliphatic carbocycles. The molecule has 1 heterocycles. The normalized spacial score (nSPS) is 20.0. The maximum absolute atomic E-state index is 10.4. The van der Waals surface area contributed by atoms with Crippen molar-refractivity contribution in [3.8, 4) is 0 Å². The molecule has 122 valence electrons. The highest BCUT2D eigenvalue weighted by molar-refractivity contribution is 6.02. The van der Waals surface area contributed by atoms with Crippen LogP contribution in [-0.2, 0) is 9.59 Å². The number of carbonyl (C=O) groups is 2. The van der Waals surface area contributed by atoms with Crippen molar-refractivity contribution >= 4 is 17.8 Å². The third kappa shape index (κ3) is 6.01. The number of aliphatic hydroxyl groups excluding tert-OH is 5. The predicted octanol–water partition coefficient (Wildman–Crippen LogP) is -4.51. The summed E-state index contributed by atoms with van der Waals surface area (Å²) >= 11 is 0. The molecule has 0 saturated carbocycles. The van der Waals surface area contributed by atoms with Crippen molar-refractivity contribution in [2.45, 2.75) is 24.4 Å². The number of hydrogen-bond donors (Lipinski definition) is 8. The topological polar surface area (TPSA) is 195 Å². The summed E-state index contributed by atoms with van der Waals surface area (Å²) < 4.78 is 0. The van der Waals surface area contributed by atoms with E-state index < -0.39 is 37.0 Å². The Morgan fingerprint density at radius 2 is 1.86 bits per heavy atom. The van der Waals surface area contributed by atoms with Crippen molar-refractivity contribution in [1.82, 2.24) is 10.2 Å². The van der Waals surface area contributed by atoms with Crippen LogP contribution in [0.3, 0.4) is 0 Å². The Hall–Kier alpha value is -1.79. The number of amides is 1. The second-order valence-corrected chi connectivity index (χ2v) is 4.27. The number of carbonyl (C=O) groups excluding carboxylic acids is 1. The lowest BCUT2D eigenvalue weighted by Crippen LogP contribution is -2.48. The molecule has 8 N–H and O–H groups in total. The van der Waals surface area contributed by atoms with Gasteiger partial charge in [0.25, 0.3) is 0 Å². The van der Waals surface area contributed by atoms with E-state index in [9.17, 15) is 9.59 Å². The van der Waals surface area contributed by atoms with Gasteiger partial charge in [-0.1, -0.05) is 0 Å². The largest absolute Gasteiger partial charge is 0.479 e. The van der Waals surface area contributed by atoms with E-state index in [2.05, 4.69) is 5.32 Å². The van der Waals surface area contributed by atoms with Crippen LogP contribution < -0.4 is 5.32 Å². The van der Waals surface area contributed by atoms with Crippen molar-refractivity contribution < 1.29 is 40.2 Å². The van der Waals surface area contributed by atoms with Crippen LogP contribution >= 0.6 is 0 Å². The molecule has 4 atom stereocenters. The lowest BCUT2D eigenvalue weighted by Gasteiger charge is -2.23. The number of carboxylic acids is 1. The number of nitrogens with one attached hydrogen (secondary N) is 2. The third-order valence-electron chi connectivity index (χ3n) is 2.53. The molecule has 11 heteroatoms. The Morgan fingerprint density at radius 1 is 1.33 bits per heavy atom. The number of hydrogen-bond acceptors (Lipinski definition) is 8. The van der Waals surface area contributed by atoms with Gasteiger partial charge in [-0.05, 0) is 0 Å². The van der Waals surface area contributed by atoms with Crippen LogP contribution in [0.1, 0.15) is 0 Å². The summed E-state index contributed by atoms with van der Waals surface area (Å²) in [5.74, 6) is -1.64. The fourth-order valence-corrected chi connectivity index (χ4v) is 1.23. The van der Waals surface area contributed by atoms with E-state index in [1.165, 1.54) is 0 Å². The zero-order valence-electron chi connectivity index (χ0n) is 11.2. The number of guanidine groups is 1. The fraction of sp³-hybridized carbons (Fsp3) is 0.700. The molecule has 0 unspecified atom stereocenters. The minimum absolute atomic E-state index is 0.0995. The van der Waals surface area contributed by atoms with E-state index in [0.717, 1.165) is 0 Å². The van der Waals surface area contributed by atoms with Gasteiger partial charge in [-0.15, -0.1) is 0 Å². The zero-order valence-corrected chi connectivity index (χ0v) is 11.2. The predicted molar refractivity (Wildman–Crippen MR) is 67.2 cm³/mol. The number of carboxylic acid groups (broad SMARTS) is 1. The summed E-state index contributed by atoms with van der Waals surface area (Å²) in [5.41, 5.74) is 0. The van der Waals surface area contributed by atoms with Gasteiger partial charge in [-0.3, -0.25) is 15.5 Å². The van der Waals surface area contributed by atoms with E-state index >= 15 is 0 Å². The van der Waals surface area contributed by atoms with Crippen molar-refractivity contribution in [1.29, 1.82) is 5.41 Å². The third-order valence-corrected chi connectivity index (χ3v) is 2.53. The van der Waals surface area contributed by atoms with Crippen LogP contribution in [0.25, 0.3) is 0 Å². The molecule has 0 aromatic carbocycles. The quantitative estimate of drug-likeness (QED) is 0.247. The second kappa shape index (κ2) is 8.49. The molecular weight excluding hydrogens is 290 g/mol. The molecule has 0 aromatic rings. The first kappa shape index (κ1) is 19.2. The molecule has 0 aromatic heterocycles. The molecule has 1 fully saturated rings. The first-order valence-electron chi connectivity index (χ1n) is 5.77.